The average Bonchev–Trinajstić information content (AvgIpc) is 2.73. The Balaban J connectivity index is 2.10. The van der Waals surface area contributed by atoms with Crippen LogP contribution in [0.5, 0.6) is 11.5 Å². The average molecular weight is 397 g/mol. The lowest BCUT2D eigenvalue weighted by molar-refractivity contribution is 0.341. The lowest BCUT2D eigenvalue weighted by Gasteiger charge is -2.26. The smallest absolute Gasteiger partial charge is 0.264 e. The van der Waals surface area contributed by atoms with E-state index in [9.17, 15) is 8.42 Å². The van der Waals surface area contributed by atoms with E-state index in [1.165, 1.54) is 4.31 Å². The van der Waals surface area contributed by atoms with Gasteiger partial charge in [0.25, 0.3) is 10.0 Å². The van der Waals surface area contributed by atoms with Gasteiger partial charge in [0.05, 0.1) is 30.8 Å². The molecule has 3 aromatic carbocycles. The zero-order valence-electron chi connectivity index (χ0n) is 15.9. The molecule has 0 aliphatic carbocycles. The van der Waals surface area contributed by atoms with Gasteiger partial charge in [-0.15, -0.1) is 0 Å². The molecule has 0 aromatic heterocycles. The van der Waals surface area contributed by atoms with E-state index < -0.39 is 10.0 Å². The van der Waals surface area contributed by atoms with E-state index in [4.69, 9.17) is 9.47 Å². The van der Waals surface area contributed by atoms with Crippen molar-refractivity contribution in [3.05, 3.63) is 84.4 Å². The molecule has 0 saturated carbocycles. The lowest BCUT2D eigenvalue weighted by atomic mass is 10.2. The van der Waals surface area contributed by atoms with Crippen LogP contribution in [0.15, 0.2) is 83.8 Å². The monoisotopic (exact) mass is 397 g/mol. The topological polar surface area (TPSA) is 55.8 Å². The Bertz CT molecular complexity index is 1000. The van der Waals surface area contributed by atoms with Gasteiger partial charge in [-0.1, -0.05) is 42.5 Å². The molecule has 0 saturated heterocycles. The number of para-hydroxylation sites is 2. The Kier molecular flexibility index (Phi) is 6.21. The first-order chi connectivity index (χ1) is 13.6. The summed E-state index contributed by atoms with van der Waals surface area (Å²) in [7, 11) is -2.28. The van der Waals surface area contributed by atoms with Crippen molar-refractivity contribution in [2.24, 2.45) is 0 Å². The van der Waals surface area contributed by atoms with Gasteiger partial charge in [0.2, 0.25) is 0 Å². The second-order valence-corrected chi connectivity index (χ2v) is 7.94. The summed E-state index contributed by atoms with van der Waals surface area (Å²) in [6, 6.07) is 23.0. The molecule has 5 nitrogen and oxygen atoms in total. The molecule has 0 N–H and O–H groups in total. The highest BCUT2D eigenvalue weighted by Gasteiger charge is 2.27. The van der Waals surface area contributed by atoms with Crippen LogP contribution in [0.1, 0.15) is 12.5 Å². The van der Waals surface area contributed by atoms with Crippen LogP contribution in [0, 0.1) is 0 Å². The maximum absolute atomic E-state index is 13.5. The minimum Gasteiger partial charge on any atom is -0.497 e. The van der Waals surface area contributed by atoms with Crippen LogP contribution in [0.3, 0.4) is 0 Å². The minimum atomic E-state index is -3.82. The summed E-state index contributed by atoms with van der Waals surface area (Å²) in [4.78, 5) is 0.190. The van der Waals surface area contributed by atoms with E-state index in [1.54, 1.807) is 49.6 Å². The maximum atomic E-state index is 13.5. The largest absolute Gasteiger partial charge is 0.497 e. The van der Waals surface area contributed by atoms with Crippen LogP contribution in [0.25, 0.3) is 0 Å². The van der Waals surface area contributed by atoms with E-state index in [-0.39, 0.29) is 11.4 Å². The Morgan fingerprint density at radius 3 is 2.14 bits per heavy atom. The predicted molar refractivity (Wildman–Crippen MR) is 110 cm³/mol. The van der Waals surface area contributed by atoms with Gasteiger partial charge in [-0.25, -0.2) is 8.42 Å². The molecule has 0 spiro atoms. The number of benzene rings is 3. The van der Waals surface area contributed by atoms with Crippen molar-refractivity contribution >= 4 is 15.7 Å². The number of sulfonamides is 1. The molecule has 0 unspecified atom stereocenters. The summed E-state index contributed by atoms with van der Waals surface area (Å²) in [6.07, 6.45) is 0. The van der Waals surface area contributed by atoms with E-state index in [0.29, 0.717) is 23.8 Å². The standard InChI is InChI=1S/C22H23NO4S/c1-3-27-22-12-8-7-11-21(22)23(17-18-9-5-4-6-10-18)28(24,25)20-15-13-19(26-2)14-16-20/h4-16H,3,17H2,1-2H3. The Labute approximate surface area is 166 Å². The van der Waals surface area contributed by atoms with Crippen LogP contribution >= 0.6 is 0 Å². The minimum absolute atomic E-state index is 0.190. The van der Waals surface area contributed by atoms with Gasteiger partial charge >= 0.3 is 0 Å². The van der Waals surface area contributed by atoms with E-state index in [2.05, 4.69) is 0 Å². The summed E-state index contributed by atoms with van der Waals surface area (Å²) in [5, 5.41) is 0. The van der Waals surface area contributed by atoms with E-state index >= 15 is 0 Å². The predicted octanol–water partition coefficient (Wildman–Crippen LogP) is 4.49. The highest BCUT2D eigenvalue weighted by Crippen LogP contribution is 2.34. The van der Waals surface area contributed by atoms with Crippen molar-refractivity contribution < 1.29 is 17.9 Å². The number of hydrogen-bond acceptors (Lipinski definition) is 4. The fraction of sp³-hybridized carbons (Fsp3) is 0.182. The van der Waals surface area contributed by atoms with Crippen molar-refractivity contribution in [2.45, 2.75) is 18.4 Å². The lowest BCUT2D eigenvalue weighted by Crippen LogP contribution is -2.31. The summed E-state index contributed by atoms with van der Waals surface area (Å²) < 4.78 is 39.3. The van der Waals surface area contributed by atoms with Crippen LogP contribution in [0.4, 0.5) is 5.69 Å². The normalized spacial score (nSPS) is 11.1. The number of ether oxygens (including phenoxy) is 2. The Morgan fingerprint density at radius 1 is 0.857 bits per heavy atom. The molecular weight excluding hydrogens is 374 g/mol. The van der Waals surface area contributed by atoms with Crippen LogP contribution in [-0.4, -0.2) is 22.1 Å². The highest BCUT2D eigenvalue weighted by atomic mass is 32.2. The summed E-state index contributed by atoms with van der Waals surface area (Å²) in [5.41, 5.74) is 1.38. The summed E-state index contributed by atoms with van der Waals surface area (Å²) in [5.74, 6) is 1.13. The van der Waals surface area contributed by atoms with Crippen LogP contribution in [0.2, 0.25) is 0 Å². The van der Waals surface area contributed by atoms with Gasteiger partial charge in [-0.2, -0.15) is 0 Å². The molecule has 0 aliphatic heterocycles. The second kappa shape index (κ2) is 8.80. The first-order valence-electron chi connectivity index (χ1n) is 8.99. The number of anilines is 1. The van der Waals surface area contributed by atoms with Crippen LogP contribution in [-0.2, 0) is 16.6 Å². The van der Waals surface area contributed by atoms with Crippen molar-refractivity contribution in [2.75, 3.05) is 18.0 Å². The maximum Gasteiger partial charge on any atom is 0.264 e. The number of nitrogens with zero attached hydrogens (tertiary/aromatic N) is 1. The van der Waals surface area contributed by atoms with Crippen molar-refractivity contribution in [1.29, 1.82) is 0 Å². The third-order valence-electron chi connectivity index (χ3n) is 4.25. The number of methoxy groups -OCH3 is 1. The van der Waals surface area contributed by atoms with Gasteiger partial charge in [0.15, 0.2) is 0 Å². The molecule has 0 fully saturated rings. The Hall–Kier alpha value is -2.99. The molecule has 3 aromatic rings. The number of rotatable bonds is 8. The van der Waals surface area contributed by atoms with Gasteiger partial charge in [-0.3, -0.25) is 4.31 Å². The molecule has 0 atom stereocenters. The van der Waals surface area contributed by atoms with Gasteiger partial charge in [0.1, 0.15) is 11.5 Å². The molecule has 0 aliphatic rings. The molecule has 0 bridgehead atoms. The molecule has 0 radical (unpaired) electrons. The third kappa shape index (κ3) is 4.28. The summed E-state index contributed by atoms with van der Waals surface area (Å²) in [6.45, 7) is 2.51. The van der Waals surface area contributed by atoms with Crippen LogP contribution < -0.4 is 13.8 Å². The fourth-order valence-corrected chi connectivity index (χ4v) is 4.33. The third-order valence-corrected chi connectivity index (χ3v) is 6.02. The first kappa shape index (κ1) is 19.8. The molecule has 146 valence electrons. The van der Waals surface area contributed by atoms with Crippen molar-refractivity contribution in [1.82, 2.24) is 0 Å². The Morgan fingerprint density at radius 2 is 1.50 bits per heavy atom. The second-order valence-electron chi connectivity index (χ2n) is 6.07. The van der Waals surface area contributed by atoms with Gasteiger partial charge in [0, 0.05) is 0 Å². The molecule has 28 heavy (non-hydrogen) atoms. The molecule has 0 heterocycles. The first-order valence-corrected chi connectivity index (χ1v) is 10.4. The SMILES string of the molecule is CCOc1ccccc1N(Cc1ccccc1)S(=O)(=O)c1ccc(OC)cc1. The quantitative estimate of drug-likeness (QED) is 0.562. The van der Waals surface area contributed by atoms with Gasteiger partial charge < -0.3 is 9.47 Å². The molecular formula is C22H23NO4S. The number of hydrogen-bond donors (Lipinski definition) is 0. The van der Waals surface area contributed by atoms with E-state index in [0.717, 1.165) is 5.56 Å². The molecule has 3 rings (SSSR count). The molecule has 6 heteroatoms. The zero-order valence-corrected chi connectivity index (χ0v) is 16.7. The summed E-state index contributed by atoms with van der Waals surface area (Å²) >= 11 is 0. The fourth-order valence-electron chi connectivity index (χ4n) is 2.86. The highest BCUT2D eigenvalue weighted by molar-refractivity contribution is 7.92. The van der Waals surface area contributed by atoms with Gasteiger partial charge in [-0.05, 0) is 48.9 Å². The zero-order chi connectivity index (χ0) is 20.0. The van der Waals surface area contributed by atoms with E-state index in [1.807, 2.05) is 43.3 Å². The van der Waals surface area contributed by atoms with Crippen molar-refractivity contribution in [3.63, 3.8) is 0 Å². The molecule has 0 amide bonds. The van der Waals surface area contributed by atoms with Crippen molar-refractivity contribution in [3.8, 4) is 11.5 Å².